The second kappa shape index (κ2) is 7.60. The number of carbonyl (C=O) groups excluding carboxylic acids is 1. The van der Waals surface area contributed by atoms with Crippen molar-refractivity contribution in [3.8, 4) is 10.4 Å². The first-order valence-electron chi connectivity index (χ1n) is 8.67. The number of nitrogens with one attached hydrogen (secondary N) is 1. The molecule has 26 heavy (non-hydrogen) atoms. The van der Waals surface area contributed by atoms with Gasteiger partial charge in [-0.15, -0.1) is 11.3 Å². The normalized spacial score (nSPS) is 16.1. The molecule has 6 heteroatoms. The van der Waals surface area contributed by atoms with Crippen LogP contribution < -0.4 is 5.48 Å². The van der Waals surface area contributed by atoms with Crippen LogP contribution >= 0.6 is 11.3 Å². The van der Waals surface area contributed by atoms with E-state index in [2.05, 4.69) is 24.3 Å². The van der Waals surface area contributed by atoms with Gasteiger partial charge < -0.3 is 9.94 Å². The summed E-state index contributed by atoms with van der Waals surface area (Å²) in [5, 5.41) is 9.78. The highest BCUT2D eigenvalue weighted by atomic mass is 32.1. The number of fused-ring (bicyclic) bond motifs is 1. The minimum absolute atomic E-state index is 0.0272. The fourth-order valence-electron chi connectivity index (χ4n) is 3.53. The third-order valence-electron chi connectivity index (χ3n) is 4.87. The number of carbonyl (C=O) groups is 1. The van der Waals surface area contributed by atoms with Crippen LogP contribution in [0.2, 0.25) is 0 Å². The average Bonchev–Trinajstić information content (AvgIpc) is 2.99. The van der Waals surface area contributed by atoms with Crippen molar-refractivity contribution in [1.82, 2.24) is 5.48 Å². The number of hydrogen-bond acceptors (Lipinski definition) is 5. The number of hydrogen-bond donors (Lipinski definition) is 2. The molecule has 2 aromatic rings. The third-order valence-corrected chi connectivity index (χ3v) is 6.20. The Morgan fingerprint density at radius 3 is 2.88 bits per heavy atom. The number of aryl methyl sites for hydroxylation is 1. The maximum atomic E-state index is 10.7. The van der Waals surface area contributed by atoms with Crippen molar-refractivity contribution in [3.63, 3.8) is 0 Å². The van der Waals surface area contributed by atoms with Crippen LogP contribution in [0.4, 0.5) is 0 Å². The van der Waals surface area contributed by atoms with Crippen LogP contribution in [0.5, 0.6) is 0 Å². The molecule has 1 aromatic carbocycles. The van der Waals surface area contributed by atoms with Crippen molar-refractivity contribution >= 4 is 23.6 Å². The van der Waals surface area contributed by atoms with Crippen LogP contribution in [-0.4, -0.2) is 24.5 Å². The predicted octanol–water partition coefficient (Wildman–Crippen LogP) is 3.48. The summed E-state index contributed by atoms with van der Waals surface area (Å²) in [5.74, 6) is 0.537. The van der Waals surface area contributed by atoms with Crippen LogP contribution in [0, 0.1) is 5.41 Å². The zero-order chi connectivity index (χ0) is 18.7. The molecular formula is C20H24N2O3S. The van der Waals surface area contributed by atoms with E-state index in [0.717, 1.165) is 40.8 Å². The van der Waals surface area contributed by atoms with E-state index in [-0.39, 0.29) is 12.0 Å². The lowest BCUT2D eigenvalue weighted by Crippen LogP contribution is -2.28. The average molecular weight is 372 g/mol. The molecule has 0 aliphatic heterocycles. The van der Waals surface area contributed by atoms with E-state index < -0.39 is 0 Å². The smallest absolute Gasteiger partial charge is 0.320 e. The van der Waals surface area contributed by atoms with Gasteiger partial charge in [0, 0.05) is 22.4 Å². The Balaban J connectivity index is 2.21. The molecule has 1 aromatic heterocycles. The molecule has 0 saturated carbocycles. The lowest BCUT2D eigenvalue weighted by Gasteiger charge is -2.30. The fourth-order valence-corrected chi connectivity index (χ4v) is 4.91. The molecule has 0 atom stereocenters. The van der Waals surface area contributed by atoms with Crippen molar-refractivity contribution in [2.45, 2.75) is 39.7 Å². The number of nitrogens with zero attached hydrogens (tertiary/aromatic N) is 1. The number of amidine groups is 1. The molecule has 5 nitrogen and oxygen atoms in total. The van der Waals surface area contributed by atoms with Gasteiger partial charge in [-0.3, -0.25) is 9.79 Å². The van der Waals surface area contributed by atoms with Crippen LogP contribution in [0.15, 0.2) is 29.3 Å². The van der Waals surface area contributed by atoms with Gasteiger partial charge in [-0.25, -0.2) is 5.48 Å². The Kier molecular flexibility index (Phi) is 5.44. The van der Waals surface area contributed by atoms with Gasteiger partial charge >= 0.3 is 6.47 Å². The summed E-state index contributed by atoms with van der Waals surface area (Å²) >= 11 is 1.75. The summed E-state index contributed by atoms with van der Waals surface area (Å²) in [4.78, 5) is 22.2. The highest BCUT2D eigenvalue weighted by Crippen LogP contribution is 2.45. The summed E-state index contributed by atoms with van der Waals surface area (Å²) in [5.41, 5.74) is 6.99. The lowest BCUT2D eigenvalue weighted by molar-refractivity contribution is -0.132. The number of thiophene rings is 1. The second-order valence-corrected chi connectivity index (χ2v) is 8.36. The van der Waals surface area contributed by atoms with Crippen molar-refractivity contribution in [2.75, 3.05) is 7.05 Å². The lowest BCUT2D eigenvalue weighted by atomic mass is 9.75. The molecule has 0 bridgehead atoms. The molecule has 0 saturated heterocycles. The molecule has 0 unspecified atom stereocenters. The van der Waals surface area contributed by atoms with Crippen LogP contribution in [0.25, 0.3) is 10.4 Å². The molecule has 2 N–H and O–H groups in total. The number of hydroxylamine groups is 1. The number of aliphatic hydroxyl groups is 1. The summed E-state index contributed by atoms with van der Waals surface area (Å²) in [6, 6.07) is 7.85. The molecule has 1 heterocycles. The Labute approximate surface area is 157 Å². The molecule has 0 spiro atoms. The first-order chi connectivity index (χ1) is 12.5. The SMILES string of the molecule is CN=C(NOC=O)c1c(-c2ccccc2CO)sc2c1CC(C)(C)CC2. The van der Waals surface area contributed by atoms with Crippen molar-refractivity contribution in [2.24, 2.45) is 10.4 Å². The Bertz CT molecular complexity index is 840. The van der Waals surface area contributed by atoms with Gasteiger partial charge in [0.2, 0.25) is 0 Å². The predicted molar refractivity (Wildman–Crippen MR) is 104 cm³/mol. The Morgan fingerprint density at radius 1 is 1.42 bits per heavy atom. The van der Waals surface area contributed by atoms with Gasteiger partial charge in [0.25, 0.3) is 0 Å². The standard InChI is InChI=1S/C20H24N2O3S/c1-20(2)9-8-16-15(10-20)17(19(21-3)22-25-12-24)18(26-16)14-7-5-4-6-13(14)11-23/h4-7,12,23H,8-11H2,1-3H3,(H,21,22). The van der Waals surface area contributed by atoms with Gasteiger partial charge in [0.15, 0.2) is 5.84 Å². The summed E-state index contributed by atoms with van der Waals surface area (Å²) in [6.07, 6.45) is 3.10. The molecule has 138 valence electrons. The van der Waals surface area contributed by atoms with E-state index in [1.54, 1.807) is 18.4 Å². The van der Waals surface area contributed by atoms with E-state index in [1.165, 1.54) is 10.4 Å². The third kappa shape index (κ3) is 3.52. The minimum Gasteiger partial charge on any atom is -0.392 e. The van der Waals surface area contributed by atoms with Gasteiger partial charge in [-0.1, -0.05) is 38.1 Å². The second-order valence-electron chi connectivity index (χ2n) is 7.25. The van der Waals surface area contributed by atoms with E-state index in [0.29, 0.717) is 12.3 Å². The number of aliphatic hydroxyl groups excluding tert-OH is 1. The summed E-state index contributed by atoms with van der Waals surface area (Å²) < 4.78 is 0. The zero-order valence-corrected chi connectivity index (χ0v) is 16.2. The fraction of sp³-hybridized carbons (Fsp3) is 0.400. The minimum atomic E-state index is -0.0272. The van der Waals surface area contributed by atoms with Crippen molar-refractivity contribution < 1.29 is 14.7 Å². The highest BCUT2D eigenvalue weighted by molar-refractivity contribution is 7.16. The van der Waals surface area contributed by atoms with Crippen LogP contribution in [0.3, 0.4) is 0 Å². The van der Waals surface area contributed by atoms with Gasteiger partial charge in [0.1, 0.15) is 0 Å². The summed E-state index contributed by atoms with van der Waals surface area (Å²) in [7, 11) is 1.68. The molecule has 1 aliphatic rings. The molecule has 1 aliphatic carbocycles. The van der Waals surface area contributed by atoms with Gasteiger partial charge in [-0.2, -0.15) is 0 Å². The first-order valence-corrected chi connectivity index (χ1v) is 9.48. The van der Waals surface area contributed by atoms with Gasteiger partial charge in [0.05, 0.1) is 6.61 Å². The molecule has 0 amide bonds. The first kappa shape index (κ1) is 18.6. The maximum absolute atomic E-state index is 10.7. The van der Waals surface area contributed by atoms with Gasteiger partial charge in [-0.05, 0) is 41.4 Å². The van der Waals surface area contributed by atoms with Crippen LogP contribution in [0.1, 0.15) is 41.8 Å². The Hall–Kier alpha value is -2.18. The van der Waals surface area contributed by atoms with E-state index in [9.17, 15) is 9.90 Å². The molecule has 3 rings (SSSR count). The monoisotopic (exact) mass is 372 g/mol. The Morgan fingerprint density at radius 2 is 2.19 bits per heavy atom. The maximum Gasteiger partial charge on any atom is 0.320 e. The van der Waals surface area contributed by atoms with E-state index in [1.807, 2.05) is 24.3 Å². The number of rotatable bonds is 5. The quantitative estimate of drug-likeness (QED) is 0.365. The molecule has 0 radical (unpaired) electrons. The van der Waals surface area contributed by atoms with Crippen LogP contribution in [-0.2, 0) is 29.1 Å². The number of benzene rings is 1. The zero-order valence-electron chi connectivity index (χ0n) is 15.3. The number of aliphatic imine (C=N–C) groups is 1. The van der Waals surface area contributed by atoms with E-state index >= 15 is 0 Å². The van der Waals surface area contributed by atoms with Crippen molar-refractivity contribution in [3.05, 3.63) is 45.8 Å². The summed E-state index contributed by atoms with van der Waals surface area (Å²) in [6.45, 7) is 4.88. The molecule has 0 fully saturated rings. The topological polar surface area (TPSA) is 70.9 Å². The molecular weight excluding hydrogens is 348 g/mol. The largest absolute Gasteiger partial charge is 0.392 e. The van der Waals surface area contributed by atoms with Crippen molar-refractivity contribution in [1.29, 1.82) is 0 Å². The highest BCUT2D eigenvalue weighted by Gasteiger charge is 2.32. The van der Waals surface area contributed by atoms with E-state index in [4.69, 9.17) is 4.84 Å².